The molecule has 1 aromatic carbocycles. The van der Waals surface area contributed by atoms with Crippen molar-refractivity contribution in [3.05, 3.63) is 72.1 Å². The Bertz CT molecular complexity index is 2480. The van der Waals surface area contributed by atoms with E-state index in [2.05, 4.69) is 89.7 Å². The Labute approximate surface area is 420 Å². The number of carbonyl (C=O) groups is 5. The van der Waals surface area contributed by atoms with E-state index in [-0.39, 0.29) is 49.1 Å². The fourth-order valence-electron chi connectivity index (χ4n) is 10.9. The second-order valence-electron chi connectivity index (χ2n) is 21.1. The van der Waals surface area contributed by atoms with Crippen molar-refractivity contribution in [3.63, 3.8) is 0 Å². The van der Waals surface area contributed by atoms with Crippen LogP contribution >= 0.6 is 0 Å². The van der Waals surface area contributed by atoms with Gasteiger partial charge in [0, 0.05) is 121 Å². The molecule has 2 aromatic heterocycles. The zero-order chi connectivity index (χ0) is 51.3. The van der Waals surface area contributed by atoms with Gasteiger partial charge in [0.1, 0.15) is 18.1 Å². The Morgan fingerprint density at radius 2 is 1.86 bits per heavy atom. The number of hydrogen-bond donors (Lipinski definition) is 2. The van der Waals surface area contributed by atoms with Gasteiger partial charge in [0.2, 0.25) is 11.8 Å². The highest BCUT2D eigenvalue weighted by Gasteiger charge is 2.40. The van der Waals surface area contributed by atoms with E-state index in [1.165, 1.54) is 16.0 Å². The fraction of sp³-hybridized carbons (Fsp3) is 0.593. The predicted octanol–water partition coefficient (Wildman–Crippen LogP) is 5.35. The molecule has 386 valence electrons. The molecule has 4 aliphatic rings. The van der Waals surface area contributed by atoms with Gasteiger partial charge in [0.25, 0.3) is 5.91 Å². The lowest BCUT2D eigenvalue weighted by Crippen LogP contribution is -2.64. The lowest BCUT2D eigenvalue weighted by Gasteiger charge is -2.43. The highest BCUT2D eigenvalue weighted by Crippen LogP contribution is 2.42. The minimum atomic E-state index is -1.00. The number of aryl methyl sites for hydroxylation is 1. The van der Waals surface area contributed by atoms with Crippen LogP contribution in [0.2, 0.25) is 0 Å². The van der Waals surface area contributed by atoms with Crippen LogP contribution in [0.15, 0.2) is 55.3 Å². The first-order chi connectivity index (χ1) is 33.9. The van der Waals surface area contributed by atoms with Crippen LogP contribution in [0.4, 0.5) is 4.79 Å². The summed E-state index contributed by atoms with van der Waals surface area (Å²) in [7, 11) is 5.11. The van der Waals surface area contributed by atoms with Crippen LogP contribution in [0.3, 0.4) is 0 Å². The van der Waals surface area contributed by atoms with Gasteiger partial charge in [0.15, 0.2) is 0 Å². The number of nitrogens with one attached hydrogen (secondary N) is 2. The second-order valence-corrected chi connectivity index (χ2v) is 21.1. The molecular weight excluding hydrogens is 901 g/mol. The van der Waals surface area contributed by atoms with Crippen LogP contribution in [0.1, 0.15) is 90.7 Å². The molecule has 0 radical (unpaired) electrons. The van der Waals surface area contributed by atoms with E-state index in [0.29, 0.717) is 71.6 Å². The standard InChI is InChI=1S/C54H78N10O7/c1-12-46(65)58(9)25-26-61-27-28-62(31-36(61)5)53(69)59(10)48(35(3)4)50(66)56-44-33-60-23-15-17-39(32-60)38-20-21-45-41(29-38)42(49(63(45)13-2)40-18-14-22-55-47(40)37(6)70-11)30-54(7,8)34-71-52(68)43-19-16-24-64(57-43)51(44)67/h12,14,17-18,20-22,29,35-37,43-44,48,57H,1,13,15-16,19,23-28,30-34H2,2-11H3,(H,56,66)/t36-,37-,43-,44-,48-/m0/s1. The molecule has 7 rings (SSSR count). The van der Waals surface area contributed by atoms with Gasteiger partial charge in [0.05, 0.1) is 24.1 Å². The van der Waals surface area contributed by atoms with E-state index >= 15 is 0 Å². The van der Waals surface area contributed by atoms with Gasteiger partial charge in [-0.1, -0.05) is 46.4 Å². The van der Waals surface area contributed by atoms with Crippen LogP contribution in [0.5, 0.6) is 0 Å². The van der Waals surface area contributed by atoms with Gasteiger partial charge < -0.3 is 34.1 Å². The Morgan fingerprint density at radius 1 is 1.08 bits per heavy atom. The number of urea groups is 1. The zero-order valence-corrected chi connectivity index (χ0v) is 43.8. The van der Waals surface area contributed by atoms with Crippen LogP contribution in [0.25, 0.3) is 27.7 Å². The number of methoxy groups -OCH3 is 1. The smallest absolute Gasteiger partial charge is 0.324 e. The van der Waals surface area contributed by atoms with Gasteiger partial charge in [-0.2, -0.15) is 0 Å². The number of hydrazine groups is 1. The molecule has 0 spiro atoms. The summed E-state index contributed by atoms with van der Waals surface area (Å²) in [6, 6.07) is 7.88. The number of piperazine rings is 1. The quantitative estimate of drug-likeness (QED) is 0.178. The minimum absolute atomic E-state index is 0.0292. The Morgan fingerprint density at radius 3 is 2.56 bits per heavy atom. The van der Waals surface area contributed by atoms with Gasteiger partial charge in [-0.3, -0.25) is 39.0 Å². The van der Waals surface area contributed by atoms with Crippen molar-refractivity contribution in [1.29, 1.82) is 0 Å². The van der Waals surface area contributed by atoms with E-state index in [1.807, 2.05) is 26.8 Å². The number of nitrogens with zero attached hydrogens (tertiary/aromatic N) is 8. The summed E-state index contributed by atoms with van der Waals surface area (Å²) in [5.41, 5.74) is 10.1. The number of pyridine rings is 1. The molecular formula is C54H78N10O7. The van der Waals surface area contributed by atoms with Gasteiger partial charge >= 0.3 is 12.0 Å². The molecule has 2 saturated heterocycles. The number of carbonyl (C=O) groups excluding carboxylic acids is 5. The monoisotopic (exact) mass is 979 g/mol. The Kier molecular flexibility index (Phi) is 17.1. The number of benzene rings is 1. The summed E-state index contributed by atoms with van der Waals surface area (Å²) in [4.78, 5) is 84.1. The number of fused-ring (bicyclic) bond motifs is 6. The molecule has 0 aliphatic carbocycles. The number of rotatable bonds is 12. The largest absolute Gasteiger partial charge is 0.464 e. The molecule has 0 saturated carbocycles. The van der Waals surface area contributed by atoms with Crippen LogP contribution in [-0.4, -0.2) is 180 Å². The van der Waals surface area contributed by atoms with Crippen molar-refractivity contribution in [1.82, 2.24) is 49.8 Å². The van der Waals surface area contributed by atoms with E-state index in [9.17, 15) is 24.0 Å². The lowest BCUT2D eigenvalue weighted by molar-refractivity contribution is -0.155. The molecule has 17 heteroatoms. The molecule has 71 heavy (non-hydrogen) atoms. The number of hydrogen-bond acceptors (Lipinski definition) is 11. The first-order valence-electron chi connectivity index (χ1n) is 25.6. The van der Waals surface area contributed by atoms with Gasteiger partial charge in [-0.15, -0.1) is 0 Å². The van der Waals surface area contributed by atoms with E-state index < -0.39 is 35.4 Å². The fourth-order valence-corrected chi connectivity index (χ4v) is 10.9. The molecule has 6 heterocycles. The average Bonchev–Trinajstić information content (AvgIpc) is 3.67. The summed E-state index contributed by atoms with van der Waals surface area (Å²) in [6.45, 7) is 23.3. The third-order valence-corrected chi connectivity index (χ3v) is 14.9. The van der Waals surface area contributed by atoms with Gasteiger partial charge in [-0.05, 0) is 99.4 Å². The zero-order valence-electron chi connectivity index (χ0n) is 43.8. The first-order valence-corrected chi connectivity index (χ1v) is 25.6. The maximum absolute atomic E-state index is 14.8. The highest BCUT2D eigenvalue weighted by molar-refractivity contribution is 5.95. The van der Waals surface area contributed by atoms with Crippen LogP contribution < -0.4 is 10.7 Å². The molecule has 4 aliphatic heterocycles. The number of amides is 5. The molecule has 5 amide bonds. The van der Waals surface area contributed by atoms with E-state index in [1.54, 1.807) is 37.2 Å². The average molecular weight is 979 g/mol. The molecule has 1 unspecified atom stereocenters. The molecule has 6 bridgehead atoms. The SMILES string of the molecule is C=CC(=O)N(C)CCN1CCN(C(=O)N(C)[C@H](C(=O)N[C@H]2CN3CCC=C(C3)c3ccc4c(c3)c(c(-c3cccnc3[C@H](C)OC)n4CC)CC(C)(C)COC(=O)[C@@H]3CCCN(N3)C2=O)C(C)C)C[C@@H]1C. The molecule has 3 aromatic rings. The van der Waals surface area contributed by atoms with E-state index in [0.717, 1.165) is 57.5 Å². The number of cyclic esters (lactones) is 1. The Balaban J connectivity index is 1.18. The summed E-state index contributed by atoms with van der Waals surface area (Å²) >= 11 is 0. The number of ether oxygens (including phenoxy) is 2. The number of esters is 1. The summed E-state index contributed by atoms with van der Waals surface area (Å²) in [5, 5.41) is 5.73. The topological polar surface area (TPSA) is 165 Å². The van der Waals surface area contributed by atoms with Crippen molar-refractivity contribution in [2.75, 3.05) is 86.7 Å². The minimum Gasteiger partial charge on any atom is -0.464 e. The highest BCUT2D eigenvalue weighted by atomic mass is 16.5. The number of likely N-dealkylation sites (N-methyl/N-ethyl adjacent to an activating group) is 2. The third-order valence-electron chi connectivity index (χ3n) is 14.9. The van der Waals surface area contributed by atoms with Crippen molar-refractivity contribution >= 4 is 46.2 Å². The van der Waals surface area contributed by atoms with Crippen molar-refractivity contribution < 1.29 is 33.4 Å². The maximum Gasteiger partial charge on any atom is 0.324 e. The maximum atomic E-state index is 14.8. The number of aromatic nitrogens is 2. The summed E-state index contributed by atoms with van der Waals surface area (Å²) in [5.74, 6) is -1.64. The van der Waals surface area contributed by atoms with Gasteiger partial charge in [-0.25, -0.2) is 10.2 Å². The molecule has 17 nitrogen and oxygen atoms in total. The van der Waals surface area contributed by atoms with Crippen molar-refractivity contribution in [3.8, 4) is 11.3 Å². The summed E-state index contributed by atoms with van der Waals surface area (Å²) in [6.07, 6.45) is 7.55. The second kappa shape index (κ2) is 22.9. The van der Waals surface area contributed by atoms with Crippen molar-refractivity contribution in [2.24, 2.45) is 11.3 Å². The molecule has 6 atom stereocenters. The molecule has 2 N–H and O–H groups in total. The summed E-state index contributed by atoms with van der Waals surface area (Å²) < 4.78 is 14.4. The molecule has 2 fully saturated rings. The van der Waals surface area contributed by atoms with E-state index in [4.69, 9.17) is 14.5 Å². The van der Waals surface area contributed by atoms with Crippen LogP contribution in [-0.2, 0) is 41.6 Å². The first kappa shape index (κ1) is 53.2. The Hall–Kier alpha value is -5.62. The van der Waals surface area contributed by atoms with Crippen LogP contribution in [0, 0.1) is 11.3 Å². The third kappa shape index (κ3) is 11.9. The lowest BCUT2D eigenvalue weighted by atomic mass is 9.84. The predicted molar refractivity (Wildman–Crippen MR) is 276 cm³/mol. The normalized spacial score (nSPS) is 23.1. The van der Waals surface area contributed by atoms with Crippen molar-refractivity contribution in [2.45, 2.75) is 111 Å².